The van der Waals surface area contributed by atoms with Crippen molar-refractivity contribution in [2.45, 2.75) is 12.5 Å². The number of benzene rings is 1. The largest absolute Gasteiger partial charge is 0.312 e. The van der Waals surface area contributed by atoms with Crippen LogP contribution >= 0.6 is 34.3 Å². The van der Waals surface area contributed by atoms with Gasteiger partial charge in [-0.05, 0) is 42.6 Å². The van der Waals surface area contributed by atoms with Crippen molar-refractivity contribution in [1.82, 2.24) is 5.32 Å². The van der Waals surface area contributed by atoms with Crippen LogP contribution in [0.4, 0.5) is 4.39 Å². The summed E-state index contributed by atoms with van der Waals surface area (Å²) in [5.74, 6) is -0.355. The van der Waals surface area contributed by atoms with Gasteiger partial charge in [-0.2, -0.15) is 0 Å². The molecular weight excluding hydrogens is 313 g/mol. The first kappa shape index (κ1) is 14.0. The highest BCUT2D eigenvalue weighted by Gasteiger charge is 2.16. The fraction of sp³-hybridized carbons (Fsp3) is 0.200. The molecule has 0 saturated carbocycles. The second-order valence-corrected chi connectivity index (χ2v) is 7.00. The summed E-state index contributed by atoms with van der Waals surface area (Å²) in [4.78, 5) is 1.26. The zero-order valence-corrected chi connectivity index (χ0v) is 13.2. The summed E-state index contributed by atoms with van der Waals surface area (Å²) in [7, 11) is 1.92. The van der Waals surface area contributed by atoms with Crippen LogP contribution in [0.2, 0.25) is 5.02 Å². The molecule has 20 heavy (non-hydrogen) atoms. The SMILES string of the molecule is CNC(Cc1cccc(F)c1Cl)c1cc2sccc2s1. The summed E-state index contributed by atoms with van der Waals surface area (Å²) in [5.41, 5.74) is 0.836. The molecule has 0 radical (unpaired) electrons. The highest BCUT2D eigenvalue weighted by molar-refractivity contribution is 7.26. The monoisotopic (exact) mass is 325 g/mol. The number of hydrogen-bond donors (Lipinski definition) is 1. The van der Waals surface area contributed by atoms with Crippen molar-refractivity contribution in [2.75, 3.05) is 7.05 Å². The Balaban J connectivity index is 1.90. The summed E-state index contributed by atoms with van der Waals surface area (Å²) >= 11 is 9.56. The van der Waals surface area contributed by atoms with Gasteiger partial charge in [-0.15, -0.1) is 22.7 Å². The predicted molar refractivity (Wildman–Crippen MR) is 86.6 cm³/mol. The molecule has 5 heteroatoms. The lowest BCUT2D eigenvalue weighted by atomic mass is 10.0. The van der Waals surface area contributed by atoms with Crippen molar-refractivity contribution >= 4 is 43.7 Å². The van der Waals surface area contributed by atoms with Crippen molar-refractivity contribution in [3.05, 3.63) is 57.0 Å². The van der Waals surface area contributed by atoms with E-state index in [2.05, 4.69) is 22.8 Å². The minimum absolute atomic E-state index is 0.152. The number of nitrogens with one attached hydrogen (secondary N) is 1. The first-order valence-corrected chi connectivity index (χ1v) is 8.33. The maximum atomic E-state index is 13.5. The summed E-state index contributed by atoms with van der Waals surface area (Å²) < 4.78 is 16.1. The molecule has 2 heterocycles. The van der Waals surface area contributed by atoms with Gasteiger partial charge in [0.05, 0.1) is 5.02 Å². The smallest absolute Gasteiger partial charge is 0.142 e. The quantitative estimate of drug-likeness (QED) is 0.690. The fourth-order valence-corrected chi connectivity index (χ4v) is 4.66. The van der Waals surface area contributed by atoms with E-state index in [1.54, 1.807) is 28.7 Å². The second kappa shape index (κ2) is 5.82. The summed E-state index contributed by atoms with van der Waals surface area (Å²) in [5, 5.41) is 5.63. The molecule has 0 fully saturated rings. The van der Waals surface area contributed by atoms with Crippen LogP contribution in [0.5, 0.6) is 0 Å². The number of rotatable bonds is 4. The van der Waals surface area contributed by atoms with Gasteiger partial charge in [0.15, 0.2) is 0 Å². The summed E-state index contributed by atoms with van der Waals surface area (Å²) in [6.07, 6.45) is 0.681. The Kier molecular flexibility index (Phi) is 4.08. The van der Waals surface area contributed by atoms with Gasteiger partial charge in [0.1, 0.15) is 5.82 Å². The van der Waals surface area contributed by atoms with Gasteiger partial charge in [0.25, 0.3) is 0 Å². The van der Waals surface area contributed by atoms with Crippen LogP contribution < -0.4 is 5.32 Å². The average Bonchev–Trinajstić information content (AvgIpc) is 3.01. The molecule has 0 bridgehead atoms. The van der Waals surface area contributed by atoms with Crippen LogP contribution in [0.1, 0.15) is 16.5 Å². The lowest BCUT2D eigenvalue weighted by Gasteiger charge is -2.15. The van der Waals surface area contributed by atoms with Crippen molar-refractivity contribution in [3.8, 4) is 0 Å². The number of fused-ring (bicyclic) bond motifs is 1. The number of halogens is 2. The maximum absolute atomic E-state index is 13.5. The van der Waals surface area contributed by atoms with Crippen LogP contribution in [0.3, 0.4) is 0 Å². The van der Waals surface area contributed by atoms with Crippen LogP contribution in [0.25, 0.3) is 9.40 Å². The first-order valence-electron chi connectivity index (χ1n) is 6.26. The highest BCUT2D eigenvalue weighted by Crippen LogP contribution is 2.35. The molecule has 0 saturated heterocycles. The van der Waals surface area contributed by atoms with E-state index in [1.807, 2.05) is 13.1 Å². The van der Waals surface area contributed by atoms with E-state index in [9.17, 15) is 4.39 Å². The molecule has 1 aromatic carbocycles. The number of hydrogen-bond acceptors (Lipinski definition) is 3. The van der Waals surface area contributed by atoms with E-state index in [0.29, 0.717) is 6.42 Å². The Bertz CT molecular complexity index is 706. The van der Waals surface area contributed by atoms with Crippen molar-refractivity contribution in [1.29, 1.82) is 0 Å². The zero-order valence-electron chi connectivity index (χ0n) is 10.8. The fourth-order valence-electron chi connectivity index (χ4n) is 2.23. The van der Waals surface area contributed by atoms with Crippen molar-refractivity contribution in [3.63, 3.8) is 0 Å². The average molecular weight is 326 g/mol. The van der Waals surface area contributed by atoms with Crippen LogP contribution in [0.15, 0.2) is 35.7 Å². The third-order valence-electron chi connectivity index (χ3n) is 3.31. The van der Waals surface area contributed by atoms with Gasteiger partial charge in [-0.1, -0.05) is 23.7 Å². The molecule has 1 nitrogen and oxygen atoms in total. The Hall–Kier alpha value is -0.940. The molecule has 1 atom stereocenters. The number of likely N-dealkylation sites (N-methyl/N-ethyl adjacent to an activating group) is 1. The van der Waals surface area contributed by atoms with E-state index in [0.717, 1.165) is 5.56 Å². The van der Waals surface area contributed by atoms with E-state index < -0.39 is 0 Å². The Morgan fingerprint density at radius 3 is 2.90 bits per heavy atom. The molecule has 0 aliphatic rings. The van der Waals surface area contributed by atoms with Crippen molar-refractivity contribution in [2.24, 2.45) is 0 Å². The molecule has 0 aliphatic carbocycles. The van der Waals surface area contributed by atoms with Gasteiger partial charge < -0.3 is 5.32 Å². The molecule has 1 unspecified atom stereocenters. The zero-order chi connectivity index (χ0) is 14.1. The standard InChI is InChI=1S/C15H13ClFNS2/c1-18-11(7-9-3-2-4-10(17)15(9)16)13-8-14-12(20-13)5-6-19-14/h2-6,8,11,18H,7H2,1H3. The van der Waals surface area contributed by atoms with Gasteiger partial charge >= 0.3 is 0 Å². The van der Waals surface area contributed by atoms with Gasteiger partial charge in [0, 0.05) is 20.3 Å². The van der Waals surface area contributed by atoms with Gasteiger partial charge in [-0.3, -0.25) is 0 Å². The topological polar surface area (TPSA) is 12.0 Å². The molecule has 104 valence electrons. The van der Waals surface area contributed by atoms with Gasteiger partial charge in [0.2, 0.25) is 0 Å². The van der Waals surface area contributed by atoms with Crippen LogP contribution in [0, 0.1) is 5.82 Å². The maximum Gasteiger partial charge on any atom is 0.142 e. The molecule has 0 spiro atoms. The van der Waals surface area contributed by atoms with Crippen molar-refractivity contribution < 1.29 is 4.39 Å². The third kappa shape index (κ3) is 2.61. The van der Waals surface area contributed by atoms with Gasteiger partial charge in [-0.25, -0.2) is 4.39 Å². The normalized spacial score (nSPS) is 12.9. The first-order chi connectivity index (χ1) is 9.69. The minimum Gasteiger partial charge on any atom is -0.312 e. The van der Waals surface area contributed by atoms with E-state index in [-0.39, 0.29) is 16.9 Å². The predicted octanol–water partition coefficient (Wildman–Crippen LogP) is 5.26. The molecule has 3 aromatic rings. The number of thiophene rings is 2. The van der Waals surface area contributed by atoms with Crippen LogP contribution in [-0.2, 0) is 6.42 Å². The van der Waals surface area contributed by atoms with Crippen LogP contribution in [-0.4, -0.2) is 7.05 Å². The Labute approximate surface area is 130 Å². The highest BCUT2D eigenvalue weighted by atomic mass is 35.5. The summed E-state index contributed by atoms with van der Waals surface area (Å²) in [6.45, 7) is 0. The second-order valence-electron chi connectivity index (χ2n) is 4.56. The molecule has 3 rings (SSSR count). The molecule has 0 amide bonds. The molecule has 1 N–H and O–H groups in total. The van der Waals surface area contributed by atoms with E-state index in [4.69, 9.17) is 11.6 Å². The van der Waals surface area contributed by atoms with E-state index in [1.165, 1.54) is 20.3 Å². The van der Waals surface area contributed by atoms with E-state index >= 15 is 0 Å². The summed E-state index contributed by atoms with van der Waals surface area (Å²) in [6, 6.07) is 9.47. The molecular formula is C15H13ClFNS2. The lowest BCUT2D eigenvalue weighted by Crippen LogP contribution is -2.18. The lowest BCUT2D eigenvalue weighted by molar-refractivity contribution is 0.592. The molecule has 2 aromatic heterocycles. The Morgan fingerprint density at radius 1 is 1.30 bits per heavy atom. The third-order valence-corrected chi connectivity index (χ3v) is 5.94. The Morgan fingerprint density at radius 2 is 2.15 bits per heavy atom. The molecule has 0 aliphatic heterocycles. The minimum atomic E-state index is -0.355.